The maximum atomic E-state index is 11.0. The molecule has 0 radical (unpaired) electrons. The SMILES string of the molecule is CC(=O)NC1CC(C)(C)N(O)C(C)(C)C1.CC(=O)NC1CC(C)(C)N(O)C(C)(C)C1.O=C(O)CC(O)(CC(=O)O)C(=O)O. The number of nitrogens with zero attached hydrogens (tertiary/aromatic N) is 2. The van der Waals surface area contributed by atoms with Gasteiger partial charge < -0.3 is 41.5 Å². The Morgan fingerprint density at radius 2 is 0.860 bits per heavy atom. The molecule has 2 amide bonds. The van der Waals surface area contributed by atoms with E-state index in [0.717, 1.165) is 25.7 Å². The van der Waals surface area contributed by atoms with E-state index in [2.05, 4.69) is 10.6 Å². The number of carbonyl (C=O) groups excluding carboxylic acids is 2. The van der Waals surface area contributed by atoms with E-state index in [1.807, 2.05) is 55.4 Å². The topological polar surface area (TPSA) is 237 Å². The maximum absolute atomic E-state index is 11.0. The van der Waals surface area contributed by atoms with Crippen molar-refractivity contribution < 1.29 is 54.8 Å². The van der Waals surface area contributed by atoms with Crippen molar-refractivity contribution in [1.82, 2.24) is 20.8 Å². The van der Waals surface area contributed by atoms with Crippen LogP contribution in [0.4, 0.5) is 0 Å². The Kier molecular flexibility index (Phi) is 13.8. The molecule has 2 heterocycles. The highest BCUT2D eigenvalue weighted by atomic mass is 16.5. The first kappa shape index (κ1) is 40.1. The fourth-order valence-electron chi connectivity index (χ4n) is 6.03. The molecule has 0 atom stereocenters. The molecule has 2 rings (SSSR count). The van der Waals surface area contributed by atoms with Crippen LogP contribution in [0, 0.1) is 0 Å². The van der Waals surface area contributed by atoms with Gasteiger partial charge in [0.25, 0.3) is 0 Å². The van der Waals surface area contributed by atoms with E-state index in [4.69, 9.17) is 20.4 Å². The molecule has 8 N–H and O–H groups in total. The summed E-state index contributed by atoms with van der Waals surface area (Å²) in [5, 5.41) is 62.6. The van der Waals surface area contributed by atoms with Crippen LogP contribution in [0.25, 0.3) is 0 Å². The number of carboxylic acid groups (broad SMARTS) is 3. The Morgan fingerprint density at radius 3 is 1.02 bits per heavy atom. The maximum Gasteiger partial charge on any atom is 0.336 e. The predicted octanol–water partition coefficient (Wildman–Crippen LogP) is 1.82. The second kappa shape index (κ2) is 14.8. The van der Waals surface area contributed by atoms with Crippen LogP contribution in [0.3, 0.4) is 0 Å². The van der Waals surface area contributed by atoms with Crippen LogP contribution >= 0.6 is 0 Å². The average molecular weight is 621 g/mol. The van der Waals surface area contributed by atoms with Gasteiger partial charge in [-0.05, 0) is 81.1 Å². The van der Waals surface area contributed by atoms with Crippen molar-refractivity contribution in [3.05, 3.63) is 0 Å². The fraction of sp³-hybridized carbons (Fsp3) is 0.821. The van der Waals surface area contributed by atoms with Gasteiger partial charge in [-0.3, -0.25) is 19.2 Å². The molecule has 0 bridgehead atoms. The number of rotatable bonds is 7. The van der Waals surface area contributed by atoms with E-state index >= 15 is 0 Å². The van der Waals surface area contributed by atoms with Crippen molar-refractivity contribution in [2.75, 3.05) is 0 Å². The molecule has 2 aliphatic heterocycles. The van der Waals surface area contributed by atoms with E-state index in [1.54, 1.807) is 0 Å². The molecule has 15 nitrogen and oxygen atoms in total. The lowest BCUT2D eigenvalue weighted by molar-refractivity contribution is -0.246. The first-order chi connectivity index (χ1) is 19.1. The first-order valence-corrected chi connectivity index (χ1v) is 14.0. The normalized spacial score (nSPS) is 21.6. The molecule has 2 aliphatic rings. The van der Waals surface area contributed by atoms with Gasteiger partial charge >= 0.3 is 17.9 Å². The van der Waals surface area contributed by atoms with Crippen LogP contribution in [0.2, 0.25) is 0 Å². The number of nitrogens with one attached hydrogen (secondary N) is 2. The largest absolute Gasteiger partial charge is 0.481 e. The predicted molar refractivity (Wildman–Crippen MR) is 154 cm³/mol. The summed E-state index contributed by atoms with van der Waals surface area (Å²) < 4.78 is 0. The minimum atomic E-state index is -2.74. The Bertz CT molecular complexity index is 920. The molecule has 2 saturated heterocycles. The molecule has 2 fully saturated rings. The summed E-state index contributed by atoms with van der Waals surface area (Å²) in [5.41, 5.74) is -3.93. The minimum Gasteiger partial charge on any atom is -0.481 e. The van der Waals surface area contributed by atoms with Crippen molar-refractivity contribution in [3.63, 3.8) is 0 Å². The zero-order chi connectivity index (χ0) is 34.4. The Balaban J connectivity index is 0.000000618. The smallest absolute Gasteiger partial charge is 0.336 e. The molecule has 0 aromatic rings. The van der Waals surface area contributed by atoms with Crippen molar-refractivity contribution >= 4 is 29.7 Å². The summed E-state index contributed by atoms with van der Waals surface area (Å²) in [6.07, 6.45) is 0.793. The molecular formula is C28H52N4O11. The molecule has 0 unspecified atom stereocenters. The lowest BCUT2D eigenvalue weighted by atomic mass is 9.79. The Hall–Kier alpha value is -2.85. The lowest BCUT2D eigenvalue weighted by Gasteiger charge is -2.51. The number of hydrogen-bond acceptors (Lipinski definition) is 10. The number of amides is 2. The van der Waals surface area contributed by atoms with Crippen LogP contribution < -0.4 is 10.6 Å². The first-order valence-electron chi connectivity index (χ1n) is 14.0. The summed E-state index contributed by atoms with van der Waals surface area (Å²) in [4.78, 5) is 52.5. The molecule has 43 heavy (non-hydrogen) atoms. The number of carboxylic acids is 3. The van der Waals surface area contributed by atoms with Gasteiger partial charge in [0.1, 0.15) is 0 Å². The quantitative estimate of drug-likeness (QED) is 0.203. The third-order valence-electron chi connectivity index (χ3n) is 7.38. The van der Waals surface area contributed by atoms with E-state index in [9.17, 15) is 34.4 Å². The molecule has 15 heteroatoms. The average Bonchev–Trinajstić information content (AvgIpc) is 2.73. The number of hydroxylamine groups is 4. The van der Waals surface area contributed by atoms with E-state index in [0.29, 0.717) is 0 Å². The number of hydrogen-bond donors (Lipinski definition) is 8. The summed E-state index contributed by atoms with van der Waals surface area (Å²) in [5.74, 6) is -5.02. The Labute approximate surface area is 253 Å². The van der Waals surface area contributed by atoms with Crippen molar-refractivity contribution in [1.29, 1.82) is 0 Å². The van der Waals surface area contributed by atoms with Crippen molar-refractivity contribution in [2.45, 2.75) is 148 Å². The zero-order valence-corrected chi connectivity index (χ0v) is 27.0. The van der Waals surface area contributed by atoms with Crippen molar-refractivity contribution in [3.8, 4) is 0 Å². The van der Waals surface area contributed by atoms with Gasteiger partial charge in [-0.2, -0.15) is 10.1 Å². The number of aliphatic carboxylic acids is 3. The summed E-state index contributed by atoms with van der Waals surface area (Å²) >= 11 is 0. The van der Waals surface area contributed by atoms with E-state index in [-0.39, 0.29) is 46.1 Å². The lowest BCUT2D eigenvalue weighted by Crippen LogP contribution is -2.62. The summed E-state index contributed by atoms with van der Waals surface area (Å²) in [6.45, 7) is 19.0. The molecule has 0 saturated carbocycles. The third kappa shape index (κ3) is 12.7. The van der Waals surface area contributed by atoms with Gasteiger partial charge in [0.15, 0.2) is 5.60 Å². The van der Waals surface area contributed by atoms with E-state index < -0.39 is 36.4 Å². The number of piperidine rings is 2. The Morgan fingerprint density at radius 1 is 0.628 bits per heavy atom. The van der Waals surface area contributed by atoms with Gasteiger partial charge in [-0.25, -0.2) is 4.79 Å². The van der Waals surface area contributed by atoms with Crippen LogP contribution in [0.1, 0.15) is 108 Å². The number of aliphatic hydroxyl groups is 1. The molecule has 0 aliphatic carbocycles. The fourth-order valence-corrected chi connectivity index (χ4v) is 6.03. The third-order valence-corrected chi connectivity index (χ3v) is 7.38. The highest BCUT2D eigenvalue weighted by Gasteiger charge is 2.46. The highest BCUT2D eigenvalue weighted by molar-refractivity contribution is 5.88. The molecular weight excluding hydrogens is 568 g/mol. The zero-order valence-electron chi connectivity index (χ0n) is 27.0. The second-order valence-electron chi connectivity index (χ2n) is 14.0. The standard InChI is InChI=1S/2C11H22N2O2.C6H8O7/c2*1-8(14)12-9-6-10(2,3)13(15)11(4,5)7-9;7-3(8)1-6(13,5(11)12)2-4(9)10/h2*9,15H,6-7H2,1-5H3,(H,12,14);13H,1-2H2,(H,7,8)(H,9,10)(H,11,12). The van der Waals surface area contributed by atoms with E-state index in [1.165, 1.54) is 24.0 Å². The molecule has 250 valence electrons. The van der Waals surface area contributed by atoms with Gasteiger partial charge in [-0.15, -0.1) is 0 Å². The van der Waals surface area contributed by atoms with Crippen LogP contribution in [0.15, 0.2) is 0 Å². The summed E-state index contributed by atoms with van der Waals surface area (Å²) in [6, 6.07) is 0.298. The van der Waals surface area contributed by atoms with Gasteiger partial charge in [-0.1, -0.05) is 0 Å². The monoisotopic (exact) mass is 620 g/mol. The summed E-state index contributed by atoms with van der Waals surface area (Å²) in [7, 11) is 0. The minimum absolute atomic E-state index is 0.00186. The van der Waals surface area contributed by atoms with Crippen molar-refractivity contribution in [2.24, 2.45) is 0 Å². The second-order valence-corrected chi connectivity index (χ2v) is 14.0. The van der Waals surface area contributed by atoms with Gasteiger partial charge in [0.2, 0.25) is 11.8 Å². The van der Waals surface area contributed by atoms with Crippen LogP contribution in [-0.4, -0.2) is 111 Å². The van der Waals surface area contributed by atoms with Gasteiger partial charge in [0.05, 0.1) is 12.8 Å². The highest BCUT2D eigenvalue weighted by Crippen LogP contribution is 2.37. The van der Waals surface area contributed by atoms with Crippen LogP contribution in [0.5, 0.6) is 0 Å². The number of carbonyl (C=O) groups is 5. The molecule has 0 aromatic carbocycles. The molecule has 0 spiro atoms. The van der Waals surface area contributed by atoms with Crippen LogP contribution in [-0.2, 0) is 24.0 Å². The molecule has 0 aromatic heterocycles. The van der Waals surface area contributed by atoms with Gasteiger partial charge in [0, 0.05) is 48.1 Å².